The van der Waals surface area contributed by atoms with Crippen LogP contribution in [0.1, 0.15) is 79.9 Å². The smallest absolute Gasteiger partial charge is 0.115 e. The summed E-state index contributed by atoms with van der Waals surface area (Å²) in [5.41, 5.74) is 7.59. The number of fused-ring (bicyclic) bond motifs is 5. The molecule has 5 nitrogen and oxygen atoms in total. The van der Waals surface area contributed by atoms with Crippen LogP contribution in [0.5, 0.6) is 5.75 Å². The van der Waals surface area contributed by atoms with Crippen molar-refractivity contribution in [2.75, 3.05) is 0 Å². The van der Waals surface area contributed by atoms with E-state index >= 15 is 0 Å². The molecule has 2 aromatic rings. The molecule has 0 spiro atoms. The van der Waals surface area contributed by atoms with Gasteiger partial charge in [0.2, 0.25) is 0 Å². The molecule has 1 N–H and O–H groups in total. The Hall–Kier alpha value is -2.43. The quantitative estimate of drug-likeness (QED) is 0.524. The topological polar surface area (TPSA) is 62.8 Å². The Morgan fingerprint density at radius 3 is 2.84 bits per heavy atom. The number of rotatable bonds is 3. The van der Waals surface area contributed by atoms with Crippen LogP contribution in [-0.2, 0) is 13.0 Å². The largest absolute Gasteiger partial charge is 0.508 e. The van der Waals surface area contributed by atoms with Crippen LogP contribution in [0.25, 0.3) is 0 Å². The summed E-state index contributed by atoms with van der Waals surface area (Å²) in [5.74, 6) is 2.45. The van der Waals surface area contributed by atoms with E-state index in [1.165, 1.54) is 42.5 Å². The van der Waals surface area contributed by atoms with Crippen molar-refractivity contribution in [2.45, 2.75) is 78.7 Å². The van der Waals surface area contributed by atoms with Gasteiger partial charge < -0.3 is 5.11 Å². The van der Waals surface area contributed by atoms with Crippen LogP contribution in [0.2, 0.25) is 0 Å². The molecule has 5 heteroatoms. The highest BCUT2D eigenvalue weighted by Crippen LogP contribution is 2.60. The maximum absolute atomic E-state index is 9.89. The molecule has 164 valence electrons. The fourth-order valence-electron chi connectivity index (χ4n) is 6.88. The predicted molar refractivity (Wildman–Crippen MR) is 125 cm³/mol. The van der Waals surface area contributed by atoms with Gasteiger partial charge in [0.1, 0.15) is 5.75 Å². The molecule has 0 radical (unpaired) electrons. The van der Waals surface area contributed by atoms with Crippen LogP contribution >= 0.6 is 0 Å². The van der Waals surface area contributed by atoms with E-state index in [2.05, 4.69) is 37.0 Å². The molecule has 1 aromatic heterocycles. The van der Waals surface area contributed by atoms with Gasteiger partial charge in [-0.15, -0.1) is 0 Å². The number of aryl methyl sites for hydroxylation is 3. The van der Waals surface area contributed by atoms with E-state index in [9.17, 15) is 5.11 Å². The van der Waals surface area contributed by atoms with Crippen molar-refractivity contribution in [2.24, 2.45) is 27.5 Å². The van der Waals surface area contributed by atoms with Gasteiger partial charge in [-0.25, -0.2) is 0 Å². The molecule has 0 aliphatic heterocycles. The van der Waals surface area contributed by atoms with E-state index in [-0.39, 0.29) is 5.41 Å². The number of benzene rings is 1. The van der Waals surface area contributed by atoms with Gasteiger partial charge in [-0.05, 0) is 100 Å². The van der Waals surface area contributed by atoms with E-state index < -0.39 is 0 Å². The van der Waals surface area contributed by atoms with Gasteiger partial charge in [0.05, 0.1) is 11.9 Å². The number of phenolic OH excluding ortho intramolecular Hbond substituents is 1. The van der Waals surface area contributed by atoms with Crippen LogP contribution in [0.3, 0.4) is 0 Å². The standard InChI is InChI=1S/C26H34N4O/c1-5-30-17(3)23(16(2)29-30)15-27-28-25-11-10-24-22-8-6-18-14-19(31)7-9-20(18)21(22)12-13-26(24,25)4/h7,9,14-15,21-22,24,31H,5-6,8,10-13H2,1-4H3/b27-15-,28-25-/t21-,22-,24-,26+/m0/s1. The van der Waals surface area contributed by atoms with Gasteiger partial charge in [-0.2, -0.15) is 15.3 Å². The predicted octanol–water partition coefficient (Wildman–Crippen LogP) is 5.56. The molecule has 2 saturated carbocycles. The first-order valence-electron chi connectivity index (χ1n) is 11.9. The van der Waals surface area contributed by atoms with Crippen molar-refractivity contribution in [1.29, 1.82) is 0 Å². The molecule has 0 saturated heterocycles. The summed E-state index contributed by atoms with van der Waals surface area (Å²) in [6.45, 7) is 9.57. The second-order valence-corrected chi connectivity index (χ2v) is 9.98. The zero-order chi connectivity index (χ0) is 21.8. The Balaban J connectivity index is 1.38. The lowest BCUT2D eigenvalue weighted by molar-refractivity contribution is 0.0955. The highest BCUT2D eigenvalue weighted by atomic mass is 16.3. The SMILES string of the molecule is CCn1nc(C)c(/C=N\N=C2\CC[C@H]3[C@H]4CCc5cc(O)ccc5[C@@H]4CC[C@@]23C)c1C. The Morgan fingerprint density at radius 2 is 2.06 bits per heavy atom. The zero-order valence-electron chi connectivity index (χ0n) is 19.2. The van der Waals surface area contributed by atoms with Crippen molar-refractivity contribution >= 4 is 11.9 Å². The highest BCUT2D eigenvalue weighted by molar-refractivity contribution is 5.93. The summed E-state index contributed by atoms with van der Waals surface area (Å²) >= 11 is 0. The van der Waals surface area contributed by atoms with Crippen LogP contribution in [0.15, 0.2) is 28.4 Å². The van der Waals surface area contributed by atoms with Crippen LogP contribution < -0.4 is 0 Å². The molecular weight excluding hydrogens is 384 g/mol. The number of phenols is 1. The first-order chi connectivity index (χ1) is 14.9. The van der Waals surface area contributed by atoms with Crippen molar-refractivity contribution in [3.63, 3.8) is 0 Å². The number of aromatic nitrogens is 2. The molecule has 1 aromatic carbocycles. The van der Waals surface area contributed by atoms with Gasteiger partial charge in [-0.3, -0.25) is 4.68 Å². The minimum atomic E-state index is 0.171. The maximum atomic E-state index is 9.89. The molecule has 31 heavy (non-hydrogen) atoms. The first kappa shape index (κ1) is 20.5. The summed E-state index contributed by atoms with van der Waals surface area (Å²) in [4.78, 5) is 0. The normalized spacial score (nSPS) is 31.1. The van der Waals surface area contributed by atoms with Crippen LogP contribution in [0.4, 0.5) is 0 Å². The maximum Gasteiger partial charge on any atom is 0.115 e. The van der Waals surface area contributed by atoms with Crippen molar-refractivity contribution < 1.29 is 5.11 Å². The fourth-order valence-corrected chi connectivity index (χ4v) is 6.88. The molecule has 2 fully saturated rings. The minimum absolute atomic E-state index is 0.171. The monoisotopic (exact) mass is 418 g/mol. The number of hydrogen-bond acceptors (Lipinski definition) is 4. The third-order valence-electron chi connectivity index (χ3n) is 8.55. The van der Waals surface area contributed by atoms with Gasteiger partial charge in [0.15, 0.2) is 0 Å². The van der Waals surface area contributed by atoms with Gasteiger partial charge >= 0.3 is 0 Å². The van der Waals surface area contributed by atoms with E-state index in [0.717, 1.165) is 42.3 Å². The zero-order valence-corrected chi connectivity index (χ0v) is 19.2. The Labute approximate surface area is 185 Å². The minimum Gasteiger partial charge on any atom is -0.508 e. The Kier molecular flexibility index (Phi) is 5.03. The number of hydrogen-bond donors (Lipinski definition) is 1. The Morgan fingerprint density at radius 1 is 1.23 bits per heavy atom. The molecule has 3 aliphatic carbocycles. The molecule has 4 atom stereocenters. The summed E-state index contributed by atoms with van der Waals surface area (Å²) in [7, 11) is 0. The molecule has 0 amide bonds. The van der Waals surface area contributed by atoms with Crippen molar-refractivity contribution in [1.82, 2.24) is 9.78 Å². The van der Waals surface area contributed by atoms with E-state index in [0.29, 0.717) is 17.6 Å². The molecule has 1 heterocycles. The summed E-state index contributed by atoms with van der Waals surface area (Å²) in [6, 6.07) is 6.04. The summed E-state index contributed by atoms with van der Waals surface area (Å²) in [6.07, 6.45) is 8.90. The summed E-state index contributed by atoms with van der Waals surface area (Å²) < 4.78 is 2.03. The van der Waals surface area contributed by atoms with Gasteiger partial charge in [-0.1, -0.05) is 13.0 Å². The third-order valence-corrected chi connectivity index (χ3v) is 8.55. The van der Waals surface area contributed by atoms with E-state index in [1.807, 2.05) is 30.0 Å². The molecule has 3 aliphatic rings. The van der Waals surface area contributed by atoms with Crippen molar-refractivity contribution in [3.05, 3.63) is 46.3 Å². The number of nitrogens with zero attached hydrogens (tertiary/aromatic N) is 4. The van der Waals surface area contributed by atoms with E-state index in [1.54, 1.807) is 0 Å². The lowest BCUT2D eigenvalue weighted by Crippen LogP contribution is -2.42. The molecular formula is C26H34N4O. The van der Waals surface area contributed by atoms with Crippen molar-refractivity contribution in [3.8, 4) is 5.75 Å². The second-order valence-electron chi connectivity index (χ2n) is 9.98. The number of aromatic hydroxyl groups is 1. The Bertz CT molecular complexity index is 1070. The van der Waals surface area contributed by atoms with Gasteiger partial charge in [0, 0.05) is 28.9 Å². The molecule has 0 unspecified atom stereocenters. The van der Waals surface area contributed by atoms with Crippen LogP contribution in [-0.4, -0.2) is 26.8 Å². The molecule has 5 rings (SSSR count). The highest BCUT2D eigenvalue weighted by Gasteiger charge is 2.53. The summed E-state index contributed by atoms with van der Waals surface area (Å²) in [5, 5.41) is 23.8. The first-order valence-corrected chi connectivity index (χ1v) is 11.9. The lowest BCUT2D eigenvalue weighted by atomic mass is 9.55. The lowest BCUT2D eigenvalue weighted by Gasteiger charge is -2.49. The fraction of sp³-hybridized carbons (Fsp3) is 0.577. The second kappa shape index (κ2) is 7.61. The van der Waals surface area contributed by atoms with Crippen LogP contribution in [0, 0.1) is 31.1 Å². The van der Waals surface area contributed by atoms with Gasteiger partial charge in [0.25, 0.3) is 0 Å². The molecule has 0 bridgehead atoms. The van der Waals surface area contributed by atoms with E-state index in [4.69, 9.17) is 5.10 Å². The average molecular weight is 419 g/mol. The average Bonchev–Trinajstić information content (AvgIpc) is 3.23. The third kappa shape index (κ3) is 3.24.